The molecule has 0 spiro atoms. The van der Waals surface area contributed by atoms with Crippen LogP contribution in [0.2, 0.25) is 6.82 Å². The molecule has 0 saturated heterocycles. The van der Waals surface area contributed by atoms with Crippen molar-refractivity contribution in [2.75, 3.05) is 0 Å². The molecule has 0 fully saturated rings. The fourth-order valence-corrected chi connectivity index (χ4v) is 7.29. The molecule has 8 aromatic rings. The van der Waals surface area contributed by atoms with Crippen molar-refractivity contribution in [3.63, 3.8) is 0 Å². The lowest BCUT2D eigenvalue weighted by Gasteiger charge is -2.20. The molecule has 2 aromatic heterocycles. The Hall–Kier alpha value is -5.35. The van der Waals surface area contributed by atoms with E-state index in [0.717, 1.165) is 22.4 Å². The third kappa shape index (κ3) is 4.40. The van der Waals surface area contributed by atoms with Crippen LogP contribution in [0.5, 0.6) is 0 Å². The standard InChI is InChI=1S/C41H34BN3/c1-27-21-22-30(31-23-24-38-35(26-31)33-17-8-10-19-37(33)44(38)32-15-6-5-7-16-32)25-34(27)41-43-36-18-9-11-20-39(36)45(41)42(4)40-28(2)13-12-14-29(40)3/h5-26H,1-4H3. The van der Waals surface area contributed by atoms with E-state index in [1.54, 1.807) is 0 Å². The minimum atomic E-state index is 0.122. The third-order valence-corrected chi connectivity index (χ3v) is 9.44. The van der Waals surface area contributed by atoms with Crippen LogP contribution in [0.1, 0.15) is 16.7 Å². The number of aryl methyl sites for hydroxylation is 3. The van der Waals surface area contributed by atoms with Crippen LogP contribution in [-0.4, -0.2) is 20.9 Å². The fraction of sp³-hybridized carbons (Fsp3) is 0.0976. The minimum Gasteiger partial charge on any atom is -0.365 e. The van der Waals surface area contributed by atoms with Crippen molar-refractivity contribution in [2.45, 2.75) is 27.6 Å². The Balaban J connectivity index is 1.31. The zero-order valence-electron chi connectivity index (χ0n) is 26.1. The Kier molecular flexibility index (Phi) is 6.46. The highest BCUT2D eigenvalue weighted by Crippen LogP contribution is 2.37. The van der Waals surface area contributed by atoms with Crippen molar-refractivity contribution in [2.24, 2.45) is 0 Å². The molecule has 0 aliphatic carbocycles. The van der Waals surface area contributed by atoms with Crippen LogP contribution in [-0.2, 0) is 0 Å². The van der Waals surface area contributed by atoms with Crippen LogP contribution in [0.4, 0.5) is 0 Å². The SMILES string of the molecule is CB(c1c(C)cccc1C)n1c(-c2cc(-c3ccc4c(c3)c3ccccc3n4-c3ccccc3)ccc2C)nc2ccccc21. The number of benzene rings is 6. The van der Waals surface area contributed by atoms with Crippen LogP contribution >= 0.6 is 0 Å². The molecule has 0 atom stereocenters. The van der Waals surface area contributed by atoms with Gasteiger partial charge in [-0.3, -0.25) is 0 Å². The quantitative estimate of drug-likeness (QED) is 0.186. The van der Waals surface area contributed by atoms with E-state index in [1.165, 1.54) is 60.8 Å². The summed E-state index contributed by atoms with van der Waals surface area (Å²) >= 11 is 0. The van der Waals surface area contributed by atoms with E-state index in [2.05, 4.69) is 170 Å². The molecule has 6 aromatic carbocycles. The number of rotatable bonds is 5. The van der Waals surface area contributed by atoms with Gasteiger partial charge in [-0.25, -0.2) is 4.98 Å². The first-order chi connectivity index (χ1) is 22.0. The summed E-state index contributed by atoms with van der Waals surface area (Å²) < 4.78 is 4.81. The van der Waals surface area contributed by atoms with Crippen molar-refractivity contribution in [3.8, 4) is 28.2 Å². The molecule has 8 rings (SSSR count). The smallest absolute Gasteiger partial charge is 0.293 e. The molecule has 4 heteroatoms. The highest BCUT2D eigenvalue weighted by molar-refractivity contribution is 6.72. The number of imidazole rings is 1. The summed E-state index contributed by atoms with van der Waals surface area (Å²) in [6.07, 6.45) is 0. The minimum absolute atomic E-state index is 0.122. The molecule has 0 bridgehead atoms. The number of hydrogen-bond donors (Lipinski definition) is 0. The second-order valence-corrected chi connectivity index (χ2v) is 12.2. The Morgan fingerprint density at radius 2 is 1.18 bits per heavy atom. The van der Waals surface area contributed by atoms with Gasteiger partial charge in [0.15, 0.2) is 0 Å². The van der Waals surface area contributed by atoms with Crippen LogP contribution in [0, 0.1) is 20.8 Å². The molecular weight excluding hydrogens is 545 g/mol. The van der Waals surface area contributed by atoms with Gasteiger partial charge in [-0.2, -0.15) is 0 Å². The van der Waals surface area contributed by atoms with Crippen molar-refractivity contribution in [3.05, 3.63) is 150 Å². The summed E-state index contributed by atoms with van der Waals surface area (Å²) in [5.74, 6) is 1.01. The fourth-order valence-electron chi connectivity index (χ4n) is 7.29. The molecule has 0 radical (unpaired) electrons. The van der Waals surface area contributed by atoms with E-state index in [4.69, 9.17) is 4.98 Å². The molecule has 216 valence electrons. The lowest BCUT2D eigenvalue weighted by molar-refractivity contribution is 1.18. The zero-order valence-corrected chi connectivity index (χ0v) is 26.1. The topological polar surface area (TPSA) is 22.8 Å². The summed E-state index contributed by atoms with van der Waals surface area (Å²) in [5, 5.41) is 2.51. The van der Waals surface area contributed by atoms with Crippen LogP contribution in [0.25, 0.3) is 61.0 Å². The monoisotopic (exact) mass is 579 g/mol. The van der Waals surface area contributed by atoms with E-state index in [-0.39, 0.29) is 6.85 Å². The molecule has 0 aliphatic rings. The normalized spacial score (nSPS) is 11.6. The summed E-state index contributed by atoms with van der Waals surface area (Å²) in [5.41, 5.74) is 14.5. The number of fused-ring (bicyclic) bond motifs is 4. The number of nitrogens with zero attached hydrogens (tertiary/aromatic N) is 3. The summed E-state index contributed by atoms with van der Waals surface area (Å²) in [4.78, 5) is 5.27. The van der Waals surface area contributed by atoms with E-state index >= 15 is 0 Å². The van der Waals surface area contributed by atoms with Gasteiger partial charge in [-0.05, 0) is 91.5 Å². The van der Waals surface area contributed by atoms with E-state index < -0.39 is 0 Å². The third-order valence-electron chi connectivity index (χ3n) is 9.44. The van der Waals surface area contributed by atoms with E-state index in [9.17, 15) is 0 Å². The van der Waals surface area contributed by atoms with Crippen LogP contribution in [0.15, 0.2) is 133 Å². The van der Waals surface area contributed by atoms with E-state index in [0.29, 0.717) is 0 Å². The predicted octanol–water partition coefficient (Wildman–Crippen LogP) is 9.77. The van der Waals surface area contributed by atoms with Crippen molar-refractivity contribution in [1.29, 1.82) is 0 Å². The first-order valence-corrected chi connectivity index (χ1v) is 15.7. The molecule has 0 amide bonds. The molecule has 0 N–H and O–H groups in total. The number of hydrogen-bond acceptors (Lipinski definition) is 1. The Morgan fingerprint density at radius 1 is 0.533 bits per heavy atom. The molecule has 0 unspecified atom stereocenters. The Labute approximate surface area is 264 Å². The van der Waals surface area contributed by atoms with Crippen LogP contribution < -0.4 is 5.46 Å². The van der Waals surface area contributed by atoms with Gasteiger partial charge in [-0.15, -0.1) is 0 Å². The first-order valence-electron chi connectivity index (χ1n) is 15.7. The van der Waals surface area contributed by atoms with Gasteiger partial charge in [0.25, 0.3) is 6.85 Å². The van der Waals surface area contributed by atoms with Crippen molar-refractivity contribution >= 4 is 45.1 Å². The molecule has 0 saturated carbocycles. The van der Waals surface area contributed by atoms with Gasteiger partial charge < -0.3 is 9.05 Å². The van der Waals surface area contributed by atoms with Gasteiger partial charge in [0.1, 0.15) is 5.82 Å². The predicted molar refractivity (Wildman–Crippen MR) is 192 cm³/mol. The maximum atomic E-state index is 5.27. The maximum absolute atomic E-state index is 5.27. The summed E-state index contributed by atoms with van der Waals surface area (Å²) in [6.45, 7) is 9.06. The average Bonchev–Trinajstić information content (AvgIpc) is 3.61. The van der Waals surface area contributed by atoms with E-state index in [1.807, 2.05) is 0 Å². The zero-order chi connectivity index (χ0) is 30.7. The van der Waals surface area contributed by atoms with Gasteiger partial charge in [0.05, 0.1) is 22.1 Å². The maximum Gasteiger partial charge on any atom is 0.293 e. The Bertz CT molecular complexity index is 2360. The summed E-state index contributed by atoms with van der Waals surface area (Å²) in [7, 11) is 0. The second-order valence-electron chi connectivity index (χ2n) is 12.2. The van der Waals surface area contributed by atoms with Gasteiger partial charge in [0, 0.05) is 22.0 Å². The van der Waals surface area contributed by atoms with Crippen molar-refractivity contribution in [1.82, 2.24) is 14.0 Å². The largest absolute Gasteiger partial charge is 0.365 e. The van der Waals surface area contributed by atoms with Gasteiger partial charge >= 0.3 is 0 Å². The molecular formula is C41H34BN3. The highest BCUT2D eigenvalue weighted by Gasteiger charge is 2.25. The first kappa shape index (κ1) is 27.2. The molecule has 0 aliphatic heterocycles. The highest BCUT2D eigenvalue weighted by atomic mass is 15.0. The molecule has 45 heavy (non-hydrogen) atoms. The van der Waals surface area contributed by atoms with Crippen LogP contribution in [0.3, 0.4) is 0 Å². The number of aromatic nitrogens is 3. The molecule has 3 nitrogen and oxygen atoms in total. The van der Waals surface area contributed by atoms with Crippen molar-refractivity contribution < 1.29 is 0 Å². The number of para-hydroxylation sites is 4. The Morgan fingerprint density at radius 3 is 1.98 bits per heavy atom. The lowest BCUT2D eigenvalue weighted by Crippen LogP contribution is -2.39. The average molecular weight is 580 g/mol. The second kappa shape index (κ2) is 10.7. The van der Waals surface area contributed by atoms with Gasteiger partial charge in [-0.1, -0.05) is 103 Å². The lowest BCUT2D eigenvalue weighted by atomic mass is 9.55. The van der Waals surface area contributed by atoms with Gasteiger partial charge in [0.2, 0.25) is 0 Å². The summed E-state index contributed by atoms with van der Waals surface area (Å²) in [6, 6.07) is 48.2. The molecule has 2 heterocycles.